The van der Waals surface area contributed by atoms with Crippen LogP contribution in [0, 0.1) is 5.92 Å². The van der Waals surface area contributed by atoms with Crippen LogP contribution in [0.1, 0.15) is 30.5 Å². The summed E-state index contributed by atoms with van der Waals surface area (Å²) in [5.74, 6) is 1.85. The Labute approximate surface area is 160 Å². The number of piperidine rings is 1. The molecule has 2 aliphatic rings. The molecule has 5 nitrogen and oxygen atoms in total. The quantitative estimate of drug-likeness (QED) is 0.702. The molecule has 2 aliphatic heterocycles. The SMILES string of the molecule is CCc1nc(CN2CCC(CNC3=NCCN3C)CC2)cs1.I. The van der Waals surface area contributed by atoms with E-state index in [0.29, 0.717) is 0 Å². The minimum Gasteiger partial charge on any atom is -0.356 e. The number of aliphatic imine (C=N–C) groups is 1. The van der Waals surface area contributed by atoms with E-state index in [2.05, 4.69) is 44.4 Å². The van der Waals surface area contributed by atoms with Gasteiger partial charge in [0, 0.05) is 32.1 Å². The Bertz CT molecular complexity index is 510. The maximum absolute atomic E-state index is 4.68. The van der Waals surface area contributed by atoms with Gasteiger partial charge in [-0.05, 0) is 38.3 Å². The van der Waals surface area contributed by atoms with Crippen LogP contribution in [0.4, 0.5) is 0 Å². The lowest BCUT2D eigenvalue weighted by Crippen LogP contribution is -2.41. The predicted molar refractivity (Wildman–Crippen MR) is 108 cm³/mol. The standard InChI is InChI=1S/C16H27N5S.HI/c1-3-15-19-14(12-22-15)11-21-7-4-13(5-8-21)10-18-16-17-6-9-20(16)2;/h12-13H,3-11H2,1-2H3,(H,17,18);1H. The molecule has 1 N–H and O–H groups in total. The topological polar surface area (TPSA) is 43.8 Å². The first-order valence-corrected chi connectivity index (χ1v) is 9.27. The van der Waals surface area contributed by atoms with Gasteiger partial charge in [0.2, 0.25) is 0 Å². The average Bonchev–Trinajstić information content (AvgIpc) is 3.15. The van der Waals surface area contributed by atoms with Gasteiger partial charge >= 0.3 is 0 Å². The molecule has 0 saturated carbocycles. The van der Waals surface area contributed by atoms with E-state index in [9.17, 15) is 0 Å². The summed E-state index contributed by atoms with van der Waals surface area (Å²) in [5, 5.41) is 7.01. The zero-order valence-electron chi connectivity index (χ0n) is 14.1. The molecule has 23 heavy (non-hydrogen) atoms. The fourth-order valence-electron chi connectivity index (χ4n) is 3.12. The third-order valence-corrected chi connectivity index (χ3v) is 5.64. The maximum Gasteiger partial charge on any atom is 0.193 e. The van der Waals surface area contributed by atoms with Crippen molar-refractivity contribution in [2.24, 2.45) is 10.9 Å². The highest BCUT2D eigenvalue weighted by Crippen LogP contribution is 2.19. The number of halogens is 1. The number of hydrogen-bond donors (Lipinski definition) is 1. The van der Waals surface area contributed by atoms with E-state index in [1.807, 2.05) is 0 Å². The van der Waals surface area contributed by atoms with E-state index in [1.165, 1.54) is 36.6 Å². The van der Waals surface area contributed by atoms with Crippen molar-refractivity contribution < 1.29 is 0 Å². The number of likely N-dealkylation sites (tertiary alicyclic amines) is 1. The first-order valence-electron chi connectivity index (χ1n) is 8.39. The van der Waals surface area contributed by atoms with Crippen molar-refractivity contribution in [3.8, 4) is 0 Å². The summed E-state index contributed by atoms with van der Waals surface area (Å²) < 4.78 is 0. The van der Waals surface area contributed by atoms with E-state index in [1.54, 1.807) is 11.3 Å². The first-order chi connectivity index (χ1) is 10.7. The summed E-state index contributed by atoms with van der Waals surface area (Å²) >= 11 is 1.80. The molecule has 0 radical (unpaired) electrons. The van der Waals surface area contributed by atoms with Crippen LogP contribution in [0.5, 0.6) is 0 Å². The highest BCUT2D eigenvalue weighted by Gasteiger charge is 2.21. The molecular formula is C16H28IN5S. The molecule has 0 atom stereocenters. The lowest BCUT2D eigenvalue weighted by molar-refractivity contribution is 0.176. The predicted octanol–water partition coefficient (Wildman–Crippen LogP) is 2.43. The third-order valence-electron chi connectivity index (χ3n) is 4.60. The van der Waals surface area contributed by atoms with Crippen molar-refractivity contribution in [2.75, 3.05) is 39.8 Å². The summed E-state index contributed by atoms with van der Waals surface area (Å²) in [6, 6.07) is 0. The molecule has 7 heteroatoms. The number of aryl methyl sites for hydroxylation is 1. The molecule has 0 spiro atoms. The largest absolute Gasteiger partial charge is 0.356 e. The summed E-state index contributed by atoms with van der Waals surface area (Å²) in [5.41, 5.74) is 1.25. The van der Waals surface area contributed by atoms with Crippen LogP contribution in [0.25, 0.3) is 0 Å². The van der Waals surface area contributed by atoms with Crippen LogP contribution in [0.3, 0.4) is 0 Å². The van der Waals surface area contributed by atoms with Gasteiger partial charge in [-0.25, -0.2) is 4.98 Å². The molecule has 3 heterocycles. The number of hydrogen-bond acceptors (Lipinski definition) is 6. The molecule has 130 valence electrons. The molecular weight excluding hydrogens is 421 g/mol. The van der Waals surface area contributed by atoms with Gasteiger partial charge in [-0.1, -0.05) is 6.92 Å². The Kier molecular flexibility index (Phi) is 7.55. The average molecular weight is 449 g/mol. The van der Waals surface area contributed by atoms with Gasteiger partial charge in [0.25, 0.3) is 0 Å². The highest BCUT2D eigenvalue weighted by molar-refractivity contribution is 14.0. The zero-order valence-corrected chi connectivity index (χ0v) is 17.3. The number of likely N-dealkylation sites (N-methyl/N-ethyl adjacent to an activating group) is 1. The molecule has 1 fully saturated rings. The van der Waals surface area contributed by atoms with Gasteiger partial charge in [0.15, 0.2) is 5.96 Å². The van der Waals surface area contributed by atoms with Crippen molar-refractivity contribution in [1.82, 2.24) is 20.1 Å². The van der Waals surface area contributed by atoms with Crippen LogP contribution in [-0.4, -0.2) is 60.5 Å². The molecule has 3 rings (SSSR count). The molecule has 0 unspecified atom stereocenters. The molecule has 0 bridgehead atoms. The van der Waals surface area contributed by atoms with Crippen LogP contribution in [0.2, 0.25) is 0 Å². The monoisotopic (exact) mass is 449 g/mol. The number of nitrogens with zero attached hydrogens (tertiary/aromatic N) is 4. The van der Waals surface area contributed by atoms with Gasteiger partial charge in [-0.3, -0.25) is 9.89 Å². The van der Waals surface area contributed by atoms with Gasteiger partial charge < -0.3 is 10.2 Å². The van der Waals surface area contributed by atoms with Gasteiger partial charge in [0.05, 0.1) is 17.2 Å². The second-order valence-corrected chi connectivity index (χ2v) is 7.26. The first kappa shape index (κ1) is 18.9. The Balaban J connectivity index is 0.00000192. The number of guanidine groups is 1. The number of thiazole rings is 1. The summed E-state index contributed by atoms with van der Waals surface area (Å²) in [4.78, 5) is 13.9. The molecule has 1 saturated heterocycles. The number of aromatic nitrogens is 1. The van der Waals surface area contributed by atoms with E-state index >= 15 is 0 Å². The smallest absolute Gasteiger partial charge is 0.193 e. The minimum absolute atomic E-state index is 0. The normalized spacial score (nSPS) is 19.6. The van der Waals surface area contributed by atoms with Gasteiger partial charge in [0.1, 0.15) is 0 Å². The fraction of sp³-hybridized carbons (Fsp3) is 0.750. The number of nitrogens with one attached hydrogen (secondary N) is 1. The van der Waals surface area contributed by atoms with E-state index < -0.39 is 0 Å². The Morgan fingerprint density at radius 2 is 2.09 bits per heavy atom. The minimum atomic E-state index is 0. The zero-order chi connectivity index (χ0) is 15.4. The van der Waals surface area contributed by atoms with E-state index in [4.69, 9.17) is 0 Å². The van der Waals surface area contributed by atoms with Crippen molar-refractivity contribution in [3.05, 3.63) is 16.1 Å². The Morgan fingerprint density at radius 3 is 2.70 bits per heavy atom. The maximum atomic E-state index is 4.68. The molecule has 0 aromatic carbocycles. The Hall–Kier alpha value is -0.410. The van der Waals surface area contributed by atoms with Crippen LogP contribution < -0.4 is 5.32 Å². The third kappa shape index (κ3) is 5.29. The van der Waals surface area contributed by atoms with Crippen LogP contribution in [-0.2, 0) is 13.0 Å². The fourth-order valence-corrected chi connectivity index (χ4v) is 3.86. The van der Waals surface area contributed by atoms with Crippen LogP contribution in [0.15, 0.2) is 10.4 Å². The van der Waals surface area contributed by atoms with Crippen molar-refractivity contribution in [2.45, 2.75) is 32.7 Å². The van der Waals surface area contributed by atoms with Gasteiger partial charge in [-0.15, -0.1) is 35.3 Å². The van der Waals surface area contributed by atoms with E-state index in [0.717, 1.165) is 44.5 Å². The van der Waals surface area contributed by atoms with Gasteiger partial charge in [-0.2, -0.15) is 0 Å². The molecule has 0 aliphatic carbocycles. The second kappa shape index (κ2) is 9.17. The van der Waals surface area contributed by atoms with Crippen molar-refractivity contribution in [3.63, 3.8) is 0 Å². The molecule has 1 aromatic rings. The van der Waals surface area contributed by atoms with Crippen molar-refractivity contribution in [1.29, 1.82) is 0 Å². The molecule has 0 amide bonds. The van der Waals surface area contributed by atoms with Crippen LogP contribution >= 0.6 is 35.3 Å². The lowest BCUT2D eigenvalue weighted by Gasteiger charge is -2.32. The Morgan fingerprint density at radius 1 is 1.30 bits per heavy atom. The second-order valence-electron chi connectivity index (χ2n) is 6.31. The summed E-state index contributed by atoms with van der Waals surface area (Å²) in [6.45, 7) is 8.62. The molecule has 1 aromatic heterocycles. The highest BCUT2D eigenvalue weighted by atomic mass is 127. The summed E-state index contributed by atoms with van der Waals surface area (Å²) in [7, 11) is 2.11. The summed E-state index contributed by atoms with van der Waals surface area (Å²) in [6.07, 6.45) is 3.60. The lowest BCUT2D eigenvalue weighted by atomic mass is 9.97. The van der Waals surface area contributed by atoms with Crippen molar-refractivity contribution >= 4 is 41.3 Å². The van der Waals surface area contributed by atoms with E-state index in [-0.39, 0.29) is 24.0 Å². The number of rotatable bonds is 5.